The molecule has 1 aromatic rings. The molecule has 4 nitrogen and oxygen atoms in total. The molecule has 23 heavy (non-hydrogen) atoms. The van der Waals surface area contributed by atoms with E-state index in [9.17, 15) is 5.11 Å². The van der Waals surface area contributed by atoms with E-state index < -0.39 is 6.10 Å². The summed E-state index contributed by atoms with van der Waals surface area (Å²) in [4.78, 5) is 2.27. The van der Waals surface area contributed by atoms with Crippen molar-refractivity contribution in [2.45, 2.75) is 39.8 Å². The fourth-order valence-electron chi connectivity index (χ4n) is 2.53. The Kier molecular flexibility index (Phi) is 10.1. The minimum absolute atomic E-state index is 0.396. The van der Waals surface area contributed by atoms with Crippen LogP contribution in [0.1, 0.15) is 31.4 Å². The molecular weight excluding hydrogens is 290 g/mol. The molecule has 0 aliphatic rings. The number of benzene rings is 1. The monoisotopic (exact) mass is 323 g/mol. The lowest BCUT2D eigenvalue weighted by Crippen LogP contribution is -2.35. The number of aliphatic hydroxyl groups is 1. The number of hydrogen-bond donors (Lipinski definition) is 1. The average molecular weight is 323 g/mol. The Labute approximate surface area is 141 Å². The van der Waals surface area contributed by atoms with Crippen molar-refractivity contribution in [1.82, 2.24) is 4.90 Å². The van der Waals surface area contributed by atoms with Gasteiger partial charge in [-0.1, -0.05) is 43.7 Å². The quantitative estimate of drug-likeness (QED) is 0.601. The highest BCUT2D eigenvalue weighted by molar-refractivity contribution is 5.22. The molecule has 1 aromatic carbocycles. The van der Waals surface area contributed by atoms with Crippen molar-refractivity contribution in [3.05, 3.63) is 35.4 Å². The van der Waals surface area contributed by atoms with Crippen LogP contribution < -0.4 is 0 Å². The molecule has 1 atom stereocenters. The lowest BCUT2D eigenvalue weighted by atomic mass is 10.1. The van der Waals surface area contributed by atoms with E-state index in [0.29, 0.717) is 25.7 Å². The van der Waals surface area contributed by atoms with Gasteiger partial charge in [-0.15, -0.1) is 0 Å². The second kappa shape index (κ2) is 11.6. The Hall–Kier alpha value is -0.940. The summed E-state index contributed by atoms with van der Waals surface area (Å²) in [6.07, 6.45) is 0.503. The van der Waals surface area contributed by atoms with Crippen molar-refractivity contribution in [3.63, 3.8) is 0 Å². The van der Waals surface area contributed by atoms with Crippen LogP contribution in [0.3, 0.4) is 0 Å². The lowest BCUT2D eigenvalue weighted by Gasteiger charge is -2.25. The van der Waals surface area contributed by atoms with E-state index in [4.69, 9.17) is 9.47 Å². The zero-order valence-corrected chi connectivity index (χ0v) is 15.1. The molecule has 0 aromatic heterocycles. The Balaban J connectivity index is 2.50. The van der Waals surface area contributed by atoms with Gasteiger partial charge in [0, 0.05) is 40.0 Å². The predicted octanol–water partition coefficient (Wildman–Crippen LogP) is 2.87. The first-order chi connectivity index (χ1) is 11.0. The van der Waals surface area contributed by atoms with Crippen LogP contribution >= 0.6 is 0 Å². The molecule has 0 radical (unpaired) electrons. The molecule has 0 heterocycles. The molecule has 0 saturated heterocycles. The summed E-state index contributed by atoms with van der Waals surface area (Å²) in [6.45, 7) is 10.5. The van der Waals surface area contributed by atoms with Gasteiger partial charge in [-0.3, -0.25) is 4.90 Å². The van der Waals surface area contributed by atoms with Crippen molar-refractivity contribution in [1.29, 1.82) is 0 Å². The molecule has 0 bridgehead atoms. The standard InChI is InChI=1S/C19H33NO3/c1-16(2)14-23-15-19(21)13-20(9-6-10-22-4)12-18-8-5-7-17(3)11-18/h5,7-8,11,16,19,21H,6,9-10,12-15H2,1-4H3/t19-/m0/s1. The van der Waals surface area contributed by atoms with Crippen LogP contribution in [0.4, 0.5) is 0 Å². The SMILES string of the molecule is COCCCN(Cc1cccc(C)c1)C[C@H](O)COCC(C)C. The first-order valence-corrected chi connectivity index (χ1v) is 8.54. The fraction of sp³-hybridized carbons (Fsp3) is 0.684. The minimum Gasteiger partial charge on any atom is -0.389 e. The molecular formula is C19H33NO3. The molecule has 1 N–H and O–H groups in total. The fourth-order valence-corrected chi connectivity index (χ4v) is 2.53. The number of aryl methyl sites for hydroxylation is 1. The summed E-state index contributed by atoms with van der Waals surface area (Å²) in [6, 6.07) is 8.52. The van der Waals surface area contributed by atoms with Crippen LogP contribution in [-0.4, -0.2) is 56.1 Å². The number of hydrogen-bond acceptors (Lipinski definition) is 4. The third-order valence-corrected chi connectivity index (χ3v) is 3.54. The van der Waals surface area contributed by atoms with E-state index in [0.717, 1.165) is 26.1 Å². The van der Waals surface area contributed by atoms with Crippen molar-refractivity contribution >= 4 is 0 Å². The largest absolute Gasteiger partial charge is 0.389 e. The maximum Gasteiger partial charge on any atom is 0.0900 e. The van der Waals surface area contributed by atoms with Gasteiger partial charge < -0.3 is 14.6 Å². The normalized spacial score (nSPS) is 13.0. The van der Waals surface area contributed by atoms with Crippen LogP contribution in [0, 0.1) is 12.8 Å². The molecule has 0 aliphatic heterocycles. The van der Waals surface area contributed by atoms with E-state index in [2.05, 4.69) is 49.9 Å². The van der Waals surface area contributed by atoms with Gasteiger partial charge in [-0.05, 0) is 24.8 Å². The second-order valence-electron chi connectivity index (χ2n) is 6.66. The van der Waals surface area contributed by atoms with Gasteiger partial charge in [0.25, 0.3) is 0 Å². The van der Waals surface area contributed by atoms with Crippen molar-refractivity contribution < 1.29 is 14.6 Å². The molecule has 132 valence electrons. The van der Waals surface area contributed by atoms with E-state index >= 15 is 0 Å². The van der Waals surface area contributed by atoms with Gasteiger partial charge in [0.15, 0.2) is 0 Å². The topological polar surface area (TPSA) is 41.9 Å². The molecule has 0 spiro atoms. The van der Waals surface area contributed by atoms with E-state index in [-0.39, 0.29) is 0 Å². The number of ether oxygens (including phenoxy) is 2. The summed E-state index contributed by atoms with van der Waals surface area (Å²) in [7, 11) is 1.72. The van der Waals surface area contributed by atoms with Crippen LogP contribution in [-0.2, 0) is 16.0 Å². The maximum atomic E-state index is 10.2. The van der Waals surface area contributed by atoms with E-state index in [1.807, 2.05) is 0 Å². The van der Waals surface area contributed by atoms with Crippen LogP contribution in [0.15, 0.2) is 24.3 Å². The third-order valence-electron chi connectivity index (χ3n) is 3.54. The zero-order valence-electron chi connectivity index (χ0n) is 15.1. The molecule has 4 heteroatoms. The molecule has 0 saturated carbocycles. The second-order valence-corrected chi connectivity index (χ2v) is 6.66. The summed E-state index contributed by atoms with van der Waals surface area (Å²) >= 11 is 0. The minimum atomic E-state index is -0.457. The molecule has 0 amide bonds. The van der Waals surface area contributed by atoms with Crippen LogP contribution in [0.2, 0.25) is 0 Å². The Bertz CT molecular complexity index is 423. The summed E-state index contributed by atoms with van der Waals surface area (Å²) < 4.78 is 10.7. The van der Waals surface area contributed by atoms with Crippen molar-refractivity contribution in [2.75, 3.05) is 40.0 Å². The van der Waals surface area contributed by atoms with Crippen LogP contribution in [0.5, 0.6) is 0 Å². The first-order valence-electron chi connectivity index (χ1n) is 8.54. The number of nitrogens with zero attached hydrogens (tertiary/aromatic N) is 1. The number of methoxy groups -OCH3 is 1. The van der Waals surface area contributed by atoms with Crippen LogP contribution in [0.25, 0.3) is 0 Å². The average Bonchev–Trinajstić information content (AvgIpc) is 2.47. The highest BCUT2D eigenvalue weighted by atomic mass is 16.5. The Morgan fingerprint density at radius 3 is 2.65 bits per heavy atom. The first kappa shape index (κ1) is 20.1. The van der Waals surface area contributed by atoms with Gasteiger partial charge in [-0.25, -0.2) is 0 Å². The number of rotatable bonds is 12. The predicted molar refractivity (Wildman–Crippen MR) is 94.6 cm³/mol. The summed E-state index contributed by atoms with van der Waals surface area (Å²) in [5.41, 5.74) is 2.54. The summed E-state index contributed by atoms with van der Waals surface area (Å²) in [5, 5.41) is 10.2. The van der Waals surface area contributed by atoms with E-state index in [1.54, 1.807) is 7.11 Å². The molecule has 1 rings (SSSR count). The zero-order chi connectivity index (χ0) is 17.1. The smallest absolute Gasteiger partial charge is 0.0900 e. The van der Waals surface area contributed by atoms with Gasteiger partial charge in [0.2, 0.25) is 0 Å². The van der Waals surface area contributed by atoms with Crippen molar-refractivity contribution in [2.24, 2.45) is 5.92 Å². The third kappa shape index (κ3) is 9.72. The Morgan fingerprint density at radius 2 is 2.00 bits per heavy atom. The maximum absolute atomic E-state index is 10.2. The molecule has 0 fully saturated rings. The highest BCUT2D eigenvalue weighted by Gasteiger charge is 2.13. The Morgan fingerprint density at radius 1 is 1.22 bits per heavy atom. The molecule has 0 unspecified atom stereocenters. The van der Waals surface area contributed by atoms with Crippen molar-refractivity contribution in [3.8, 4) is 0 Å². The molecule has 0 aliphatic carbocycles. The summed E-state index contributed by atoms with van der Waals surface area (Å²) in [5.74, 6) is 0.493. The van der Waals surface area contributed by atoms with Gasteiger partial charge in [0.05, 0.1) is 12.7 Å². The lowest BCUT2D eigenvalue weighted by molar-refractivity contribution is 0.00581. The van der Waals surface area contributed by atoms with Gasteiger partial charge in [0.1, 0.15) is 0 Å². The van der Waals surface area contributed by atoms with Gasteiger partial charge >= 0.3 is 0 Å². The highest BCUT2D eigenvalue weighted by Crippen LogP contribution is 2.09. The number of aliphatic hydroxyl groups excluding tert-OH is 1. The van der Waals surface area contributed by atoms with E-state index in [1.165, 1.54) is 11.1 Å². The van der Waals surface area contributed by atoms with Gasteiger partial charge in [-0.2, -0.15) is 0 Å².